The van der Waals surface area contributed by atoms with E-state index in [1.807, 2.05) is 0 Å². The summed E-state index contributed by atoms with van der Waals surface area (Å²) in [6, 6.07) is 5.23. The van der Waals surface area contributed by atoms with Crippen LogP contribution in [0.3, 0.4) is 0 Å². The minimum absolute atomic E-state index is 0.0999. The lowest BCUT2D eigenvalue weighted by atomic mass is 10.5. The van der Waals surface area contributed by atoms with Gasteiger partial charge >= 0.3 is 35.3 Å². The molecule has 3 amide bonds. The van der Waals surface area contributed by atoms with Gasteiger partial charge in [-0.2, -0.15) is 15.8 Å². The highest BCUT2D eigenvalue weighted by Gasteiger charge is 2.18. The molecule has 0 saturated heterocycles. The molecule has 0 aliphatic heterocycles. The predicted octanol–water partition coefficient (Wildman–Crippen LogP) is -2.04. The number of amides is 3. The van der Waals surface area contributed by atoms with Gasteiger partial charge in [-0.25, -0.2) is 42.5 Å². The number of alkyl carbamates (subject to hydrolysis) is 3. The number of carbonyl (C=O) groups is 3. The van der Waals surface area contributed by atoms with E-state index in [4.69, 9.17) is 15.8 Å². The van der Waals surface area contributed by atoms with Crippen molar-refractivity contribution in [3.63, 3.8) is 0 Å². The maximum atomic E-state index is 12.7. The molecular weight excluding hydrogens is 486 g/mol. The third kappa shape index (κ3) is 9.28. The number of nitrogens with one attached hydrogen (secondary N) is 3. The molecule has 3 N–H and O–H groups in total. The van der Waals surface area contributed by atoms with E-state index in [1.165, 1.54) is 0 Å². The number of carbonyl (C=O) groups excluding carboxylic acids is 3. The number of aromatic nitrogens is 3. The van der Waals surface area contributed by atoms with Crippen LogP contribution in [0.2, 0.25) is 0 Å². The van der Waals surface area contributed by atoms with Gasteiger partial charge < -0.3 is 30.2 Å². The number of rotatable bonds is 12. The fourth-order valence-corrected chi connectivity index (χ4v) is 2.24. The van der Waals surface area contributed by atoms with Gasteiger partial charge in [0.1, 0.15) is 39.8 Å². The van der Waals surface area contributed by atoms with E-state index in [-0.39, 0.29) is 39.1 Å². The summed E-state index contributed by atoms with van der Waals surface area (Å²) < 4.78 is 15.2. The number of nitriles is 3. The molecule has 1 rings (SSSR count). The van der Waals surface area contributed by atoms with Crippen molar-refractivity contribution >= 4 is 18.3 Å². The van der Waals surface area contributed by atoms with Crippen molar-refractivity contribution in [3.05, 3.63) is 31.5 Å². The van der Waals surface area contributed by atoms with Crippen LogP contribution in [0.15, 0.2) is 14.4 Å². The van der Waals surface area contributed by atoms with Crippen molar-refractivity contribution in [2.75, 3.05) is 19.8 Å². The first-order chi connectivity index (χ1) is 17.3. The van der Waals surface area contributed by atoms with E-state index in [9.17, 15) is 28.8 Å². The summed E-state index contributed by atoms with van der Waals surface area (Å²) in [7, 11) is 0. The average molecular weight is 507 g/mol. The zero-order valence-electron chi connectivity index (χ0n) is 18.7. The van der Waals surface area contributed by atoms with E-state index in [1.54, 1.807) is 18.2 Å². The summed E-state index contributed by atoms with van der Waals surface area (Å²) in [5, 5.41) is 31.6. The highest BCUT2D eigenvalue weighted by Crippen LogP contribution is 1.85. The van der Waals surface area contributed by atoms with Gasteiger partial charge in [-0.1, -0.05) is 0 Å². The summed E-state index contributed by atoms with van der Waals surface area (Å²) in [5.41, 5.74) is -3.73. The Kier molecular flexibility index (Phi) is 12.4. The van der Waals surface area contributed by atoms with Crippen LogP contribution in [-0.2, 0) is 34.2 Å². The summed E-state index contributed by atoms with van der Waals surface area (Å²) in [6.07, 6.45) is -3.51. The van der Waals surface area contributed by atoms with Crippen molar-refractivity contribution in [1.82, 2.24) is 29.7 Å². The molecule has 1 aromatic heterocycles. The minimum atomic E-state index is -1.24. The van der Waals surface area contributed by atoms with Gasteiger partial charge in [0.15, 0.2) is 0 Å². The van der Waals surface area contributed by atoms with Gasteiger partial charge in [-0.05, 0) is 0 Å². The summed E-state index contributed by atoms with van der Waals surface area (Å²) in [5.74, 6) is 0. The number of hydrogen-bond acceptors (Lipinski definition) is 12. The van der Waals surface area contributed by atoms with Crippen molar-refractivity contribution in [2.45, 2.75) is 39.3 Å². The van der Waals surface area contributed by atoms with Crippen molar-refractivity contribution < 1.29 is 28.6 Å². The SMILES string of the molecule is N#CCCOC(=O)NCn1c(=O)n(CNC(=O)OCCC#N)c(=O)n(CNC(=O)OCCC#N)c1=O. The van der Waals surface area contributed by atoms with E-state index < -0.39 is 55.4 Å². The van der Waals surface area contributed by atoms with Crippen LogP contribution in [0.5, 0.6) is 0 Å². The monoisotopic (exact) mass is 507 g/mol. The Bertz CT molecular complexity index is 1060. The largest absolute Gasteiger partial charge is 0.448 e. The molecule has 0 fully saturated rings. The Morgan fingerprint density at radius 2 is 0.833 bits per heavy atom. The third-order valence-corrected chi connectivity index (χ3v) is 3.87. The quantitative estimate of drug-likeness (QED) is 0.204. The van der Waals surface area contributed by atoms with Crippen LogP contribution in [-0.4, -0.2) is 51.8 Å². The summed E-state index contributed by atoms with van der Waals surface area (Å²) in [4.78, 5) is 73.3. The molecule has 1 heterocycles. The van der Waals surface area contributed by atoms with Crippen molar-refractivity contribution in [3.8, 4) is 18.2 Å². The highest BCUT2D eigenvalue weighted by molar-refractivity contribution is 5.67. The first-order valence-electron chi connectivity index (χ1n) is 10.0. The molecule has 0 aliphatic rings. The standard InChI is InChI=1S/C18H21N9O9/c19-4-1-7-34-13(28)22-10-25-16(31)26(11-23-14(29)35-8-2-5-20)18(33)27(17(25)32)12-24-15(30)36-9-3-6-21/h1-3,7-12H2,(H,22,28)(H,23,29)(H,24,30). The van der Waals surface area contributed by atoms with Crippen LogP contribution in [0.25, 0.3) is 0 Å². The Labute approximate surface area is 201 Å². The first kappa shape index (κ1) is 28.7. The fraction of sp³-hybridized carbons (Fsp3) is 0.500. The predicted molar refractivity (Wildman–Crippen MR) is 113 cm³/mol. The number of ether oxygens (including phenoxy) is 3. The van der Waals surface area contributed by atoms with E-state index >= 15 is 0 Å². The molecule has 18 nitrogen and oxygen atoms in total. The van der Waals surface area contributed by atoms with Crippen LogP contribution in [0.4, 0.5) is 14.4 Å². The van der Waals surface area contributed by atoms with Crippen LogP contribution in [0.1, 0.15) is 19.3 Å². The van der Waals surface area contributed by atoms with Gasteiger partial charge in [0.2, 0.25) is 0 Å². The Balaban J connectivity index is 3.17. The topological polar surface area (TPSA) is 252 Å². The van der Waals surface area contributed by atoms with Crippen molar-refractivity contribution in [1.29, 1.82) is 15.8 Å². The van der Waals surface area contributed by atoms with Gasteiger partial charge in [0.05, 0.1) is 37.5 Å². The molecule has 0 aliphatic carbocycles. The van der Waals surface area contributed by atoms with Crippen LogP contribution in [0, 0.1) is 34.0 Å². The molecule has 0 bridgehead atoms. The van der Waals surface area contributed by atoms with Gasteiger partial charge in [0, 0.05) is 0 Å². The van der Waals surface area contributed by atoms with E-state index in [2.05, 4.69) is 30.2 Å². The molecule has 18 heteroatoms. The molecule has 0 atom stereocenters. The minimum Gasteiger partial charge on any atom is -0.448 e. The van der Waals surface area contributed by atoms with Crippen LogP contribution >= 0.6 is 0 Å². The number of nitrogens with zero attached hydrogens (tertiary/aromatic N) is 6. The molecule has 0 saturated carbocycles. The third-order valence-electron chi connectivity index (χ3n) is 3.87. The first-order valence-corrected chi connectivity index (χ1v) is 10.0. The average Bonchev–Trinajstić information content (AvgIpc) is 2.84. The zero-order chi connectivity index (χ0) is 26.9. The lowest BCUT2D eigenvalue weighted by Gasteiger charge is -2.15. The molecule has 0 radical (unpaired) electrons. The maximum absolute atomic E-state index is 12.7. The van der Waals surface area contributed by atoms with Gasteiger partial charge in [-0.15, -0.1) is 0 Å². The summed E-state index contributed by atoms with van der Waals surface area (Å²) >= 11 is 0. The molecular formula is C18H21N9O9. The molecule has 0 aromatic carbocycles. The molecule has 36 heavy (non-hydrogen) atoms. The normalized spacial score (nSPS) is 9.58. The van der Waals surface area contributed by atoms with Gasteiger partial charge in [-0.3, -0.25) is 0 Å². The molecule has 1 aromatic rings. The molecule has 192 valence electrons. The number of hydrogen-bond donors (Lipinski definition) is 3. The molecule has 0 unspecified atom stereocenters. The lowest BCUT2D eigenvalue weighted by Crippen LogP contribution is -2.58. The Hall–Kier alpha value is -5.31. The second-order valence-electron chi connectivity index (χ2n) is 6.27. The van der Waals surface area contributed by atoms with E-state index in [0.717, 1.165) is 0 Å². The zero-order valence-corrected chi connectivity index (χ0v) is 18.7. The second-order valence-corrected chi connectivity index (χ2v) is 6.27. The maximum Gasteiger partial charge on any atom is 0.408 e. The lowest BCUT2D eigenvalue weighted by molar-refractivity contribution is 0.144. The highest BCUT2D eigenvalue weighted by atomic mass is 16.6. The Morgan fingerprint density at radius 3 is 1.06 bits per heavy atom. The van der Waals surface area contributed by atoms with Crippen LogP contribution < -0.4 is 33.0 Å². The fourth-order valence-electron chi connectivity index (χ4n) is 2.24. The van der Waals surface area contributed by atoms with Crippen molar-refractivity contribution in [2.24, 2.45) is 0 Å². The molecule has 0 spiro atoms. The summed E-state index contributed by atoms with van der Waals surface area (Å²) in [6.45, 7) is -3.09. The van der Waals surface area contributed by atoms with E-state index in [0.29, 0.717) is 13.7 Å². The smallest absolute Gasteiger partial charge is 0.408 e. The second kappa shape index (κ2) is 15.5. The van der Waals surface area contributed by atoms with Gasteiger partial charge in [0.25, 0.3) is 0 Å². The Morgan fingerprint density at radius 1 is 0.583 bits per heavy atom.